The number of ether oxygens (including phenoxy) is 1. The number of hydrogen-bond donors (Lipinski definition) is 0. The highest BCUT2D eigenvalue weighted by Gasteiger charge is 2.18. The van der Waals surface area contributed by atoms with Gasteiger partial charge in [-0.3, -0.25) is 0 Å². The Kier molecular flexibility index (Phi) is 3.81. The van der Waals surface area contributed by atoms with Gasteiger partial charge in [-0.05, 0) is 28.8 Å². The zero-order valence-electron chi connectivity index (χ0n) is 10.6. The number of rotatable bonds is 2. The van der Waals surface area contributed by atoms with Crippen LogP contribution >= 0.6 is 15.9 Å². The van der Waals surface area contributed by atoms with Gasteiger partial charge in [0, 0.05) is 10.9 Å². The van der Waals surface area contributed by atoms with Crippen molar-refractivity contribution >= 4 is 21.5 Å². The lowest BCUT2D eigenvalue weighted by atomic mass is 9.94. The van der Waals surface area contributed by atoms with Crippen LogP contribution in [0.3, 0.4) is 0 Å². The van der Waals surface area contributed by atoms with Gasteiger partial charge >= 0.3 is 0 Å². The van der Waals surface area contributed by atoms with Gasteiger partial charge < -0.3 is 4.74 Å². The zero-order valence-corrected chi connectivity index (χ0v) is 12.1. The highest BCUT2D eigenvalue weighted by molar-refractivity contribution is 9.10. The quantitative estimate of drug-likeness (QED) is 0.758. The van der Waals surface area contributed by atoms with E-state index >= 15 is 0 Å². The summed E-state index contributed by atoms with van der Waals surface area (Å²) in [6.45, 7) is 0.685. The Bertz CT molecular complexity index is 572. The van der Waals surface area contributed by atoms with Gasteiger partial charge in [0.1, 0.15) is 0 Å². The van der Waals surface area contributed by atoms with Crippen LogP contribution in [-0.4, -0.2) is 6.61 Å². The molecule has 2 aromatic carbocycles. The van der Waals surface area contributed by atoms with Crippen LogP contribution in [-0.2, 0) is 4.74 Å². The highest BCUT2D eigenvalue weighted by atomic mass is 79.9. The summed E-state index contributed by atoms with van der Waals surface area (Å²) in [7, 11) is 0. The van der Waals surface area contributed by atoms with Crippen molar-refractivity contribution in [3.8, 4) is 0 Å². The minimum Gasteiger partial charge on any atom is -0.369 e. The Morgan fingerprint density at radius 1 is 0.947 bits per heavy atom. The SMILES string of the molecule is Brc1ccc(C2CC(c3ccccc3)=CCO2)cc1. The standard InChI is InChI=1S/C17H15BrO/c18-16-8-6-14(7-9-16)17-12-15(10-11-19-17)13-4-2-1-3-5-13/h1-10,17H,11-12H2. The third-order valence-electron chi connectivity index (χ3n) is 3.42. The molecule has 0 saturated heterocycles. The van der Waals surface area contributed by atoms with Gasteiger partial charge in [-0.15, -0.1) is 0 Å². The number of halogens is 1. The Morgan fingerprint density at radius 3 is 2.42 bits per heavy atom. The molecule has 0 saturated carbocycles. The van der Waals surface area contributed by atoms with Crippen LogP contribution in [0.25, 0.3) is 5.57 Å². The summed E-state index contributed by atoms with van der Waals surface area (Å²) in [4.78, 5) is 0. The Balaban J connectivity index is 1.81. The lowest BCUT2D eigenvalue weighted by molar-refractivity contribution is 0.0708. The number of benzene rings is 2. The van der Waals surface area contributed by atoms with E-state index in [4.69, 9.17) is 4.74 Å². The van der Waals surface area contributed by atoms with Crippen LogP contribution in [0.1, 0.15) is 23.7 Å². The van der Waals surface area contributed by atoms with Crippen LogP contribution in [0.5, 0.6) is 0 Å². The van der Waals surface area contributed by atoms with Crippen LogP contribution < -0.4 is 0 Å². The Morgan fingerprint density at radius 2 is 1.68 bits per heavy atom. The summed E-state index contributed by atoms with van der Waals surface area (Å²) < 4.78 is 6.97. The molecule has 1 aliphatic rings. The molecule has 3 rings (SSSR count). The summed E-state index contributed by atoms with van der Waals surface area (Å²) in [6, 6.07) is 18.9. The molecule has 0 aromatic heterocycles. The predicted octanol–water partition coefficient (Wildman–Crippen LogP) is 4.99. The maximum Gasteiger partial charge on any atom is 0.0869 e. The van der Waals surface area contributed by atoms with Crippen molar-refractivity contribution in [1.29, 1.82) is 0 Å². The minimum atomic E-state index is 0.160. The molecule has 1 nitrogen and oxygen atoms in total. The largest absolute Gasteiger partial charge is 0.369 e. The molecule has 0 amide bonds. The minimum absolute atomic E-state index is 0.160. The van der Waals surface area contributed by atoms with Crippen LogP contribution in [0.15, 0.2) is 65.1 Å². The summed E-state index contributed by atoms with van der Waals surface area (Å²) >= 11 is 3.47. The van der Waals surface area contributed by atoms with Gasteiger partial charge in [-0.1, -0.05) is 64.5 Å². The van der Waals surface area contributed by atoms with Crippen molar-refractivity contribution in [2.75, 3.05) is 6.61 Å². The molecule has 96 valence electrons. The van der Waals surface area contributed by atoms with E-state index in [0.717, 1.165) is 10.9 Å². The van der Waals surface area contributed by atoms with Crippen molar-refractivity contribution in [2.45, 2.75) is 12.5 Å². The second kappa shape index (κ2) is 5.72. The average Bonchev–Trinajstić information content (AvgIpc) is 2.49. The summed E-state index contributed by atoms with van der Waals surface area (Å²) in [6.07, 6.45) is 3.28. The first kappa shape index (κ1) is 12.6. The molecule has 0 bridgehead atoms. The van der Waals surface area contributed by atoms with Crippen molar-refractivity contribution in [2.24, 2.45) is 0 Å². The third kappa shape index (κ3) is 2.96. The van der Waals surface area contributed by atoms with Crippen LogP contribution in [0.2, 0.25) is 0 Å². The molecule has 0 N–H and O–H groups in total. The van der Waals surface area contributed by atoms with Gasteiger partial charge in [-0.25, -0.2) is 0 Å². The Labute approximate surface area is 122 Å². The molecule has 0 fully saturated rings. The molecule has 2 aromatic rings. The third-order valence-corrected chi connectivity index (χ3v) is 3.95. The topological polar surface area (TPSA) is 9.23 Å². The molecule has 0 radical (unpaired) electrons. The maximum absolute atomic E-state index is 5.86. The van der Waals surface area contributed by atoms with Gasteiger partial charge in [0.25, 0.3) is 0 Å². The van der Waals surface area contributed by atoms with Gasteiger partial charge in [-0.2, -0.15) is 0 Å². The van der Waals surface area contributed by atoms with E-state index in [1.54, 1.807) is 0 Å². The summed E-state index contributed by atoms with van der Waals surface area (Å²) in [5, 5.41) is 0. The second-order valence-corrected chi connectivity index (χ2v) is 5.59. The molecule has 19 heavy (non-hydrogen) atoms. The van der Waals surface area contributed by atoms with Crippen LogP contribution in [0.4, 0.5) is 0 Å². The second-order valence-electron chi connectivity index (χ2n) is 4.67. The normalized spacial score (nSPS) is 19.0. The highest BCUT2D eigenvalue weighted by Crippen LogP contribution is 2.33. The van der Waals surface area contributed by atoms with E-state index in [1.165, 1.54) is 16.7 Å². The number of hydrogen-bond acceptors (Lipinski definition) is 1. The molecule has 0 spiro atoms. The first-order valence-electron chi connectivity index (χ1n) is 6.44. The monoisotopic (exact) mass is 314 g/mol. The summed E-state index contributed by atoms with van der Waals surface area (Å²) in [5.41, 5.74) is 3.91. The van der Waals surface area contributed by atoms with E-state index in [1.807, 2.05) is 0 Å². The van der Waals surface area contributed by atoms with E-state index in [-0.39, 0.29) is 6.10 Å². The molecule has 1 unspecified atom stereocenters. The van der Waals surface area contributed by atoms with Gasteiger partial charge in [0.2, 0.25) is 0 Å². The lowest BCUT2D eigenvalue weighted by Crippen LogP contribution is -2.10. The first-order chi connectivity index (χ1) is 9.33. The van der Waals surface area contributed by atoms with Crippen molar-refractivity contribution in [3.05, 3.63) is 76.3 Å². The van der Waals surface area contributed by atoms with Crippen molar-refractivity contribution in [1.82, 2.24) is 0 Å². The smallest absolute Gasteiger partial charge is 0.0869 e. The first-order valence-corrected chi connectivity index (χ1v) is 7.24. The molecule has 1 heterocycles. The molecule has 1 atom stereocenters. The van der Waals surface area contributed by atoms with E-state index in [9.17, 15) is 0 Å². The fourth-order valence-corrected chi connectivity index (χ4v) is 2.65. The van der Waals surface area contributed by atoms with Crippen LogP contribution in [0, 0.1) is 0 Å². The zero-order chi connectivity index (χ0) is 13.1. The molecule has 1 aliphatic heterocycles. The molecule has 0 aliphatic carbocycles. The predicted molar refractivity (Wildman–Crippen MR) is 81.9 cm³/mol. The van der Waals surface area contributed by atoms with Gasteiger partial charge in [0.15, 0.2) is 0 Å². The fourth-order valence-electron chi connectivity index (χ4n) is 2.39. The van der Waals surface area contributed by atoms with E-state index in [0.29, 0.717) is 6.61 Å². The molecular weight excluding hydrogens is 300 g/mol. The molecule has 2 heteroatoms. The maximum atomic E-state index is 5.86. The van der Waals surface area contributed by atoms with E-state index < -0.39 is 0 Å². The van der Waals surface area contributed by atoms with Gasteiger partial charge in [0.05, 0.1) is 12.7 Å². The lowest BCUT2D eigenvalue weighted by Gasteiger charge is -2.24. The average molecular weight is 315 g/mol. The van der Waals surface area contributed by atoms with Crippen molar-refractivity contribution < 1.29 is 4.74 Å². The summed E-state index contributed by atoms with van der Waals surface area (Å²) in [5.74, 6) is 0. The Hall–Kier alpha value is -1.38. The fraction of sp³-hybridized carbons (Fsp3) is 0.176. The van der Waals surface area contributed by atoms with E-state index in [2.05, 4.69) is 76.6 Å². The molecular formula is C17H15BrO. The van der Waals surface area contributed by atoms with Crippen molar-refractivity contribution in [3.63, 3.8) is 0 Å².